The Kier molecular flexibility index (Phi) is 5.12. The standard InChI is InChI=1S/C19H29NO2S/c1-3-5-16-12-13-20(17-6-4-7-17)14-19(16)23(21,22)18-10-8-15(2)9-11-18/h8-11,16-17,19H,3-7,12-14H2,1-2H3/t16-,19?/m0/s1. The van der Waals surface area contributed by atoms with E-state index in [-0.39, 0.29) is 5.25 Å². The maximum absolute atomic E-state index is 13.2. The molecule has 1 unspecified atom stereocenters. The van der Waals surface area contributed by atoms with Crippen LogP contribution in [-0.4, -0.2) is 37.7 Å². The first-order valence-electron chi connectivity index (χ1n) is 9.07. The zero-order chi connectivity index (χ0) is 16.4. The Hall–Kier alpha value is -0.870. The minimum atomic E-state index is -3.24. The number of aryl methyl sites for hydroxylation is 1. The molecule has 2 fully saturated rings. The highest BCUT2D eigenvalue weighted by Crippen LogP contribution is 2.35. The second-order valence-electron chi connectivity index (χ2n) is 7.31. The second kappa shape index (κ2) is 6.94. The van der Waals surface area contributed by atoms with Crippen LogP contribution in [0.4, 0.5) is 0 Å². The fraction of sp³-hybridized carbons (Fsp3) is 0.684. The zero-order valence-electron chi connectivity index (χ0n) is 14.4. The minimum Gasteiger partial charge on any atom is -0.299 e. The fourth-order valence-corrected chi connectivity index (χ4v) is 6.06. The number of nitrogens with zero attached hydrogens (tertiary/aromatic N) is 1. The predicted octanol–water partition coefficient (Wildman–Crippen LogP) is 3.81. The SMILES string of the molecule is CCC[C@H]1CCN(C2CCC2)CC1S(=O)(=O)c1ccc(C)cc1. The van der Waals surface area contributed by atoms with Crippen molar-refractivity contribution in [1.82, 2.24) is 4.90 Å². The van der Waals surface area contributed by atoms with Crippen LogP contribution in [0.5, 0.6) is 0 Å². The van der Waals surface area contributed by atoms with Crippen LogP contribution in [0.1, 0.15) is 51.0 Å². The van der Waals surface area contributed by atoms with Crippen molar-refractivity contribution >= 4 is 9.84 Å². The zero-order valence-corrected chi connectivity index (χ0v) is 15.2. The van der Waals surface area contributed by atoms with Crippen LogP contribution in [0.2, 0.25) is 0 Å². The summed E-state index contributed by atoms with van der Waals surface area (Å²) in [6.45, 7) is 5.96. The number of hydrogen-bond acceptors (Lipinski definition) is 3. The third kappa shape index (κ3) is 3.48. The molecule has 23 heavy (non-hydrogen) atoms. The summed E-state index contributed by atoms with van der Waals surface area (Å²) in [5.41, 5.74) is 1.11. The van der Waals surface area contributed by atoms with Gasteiger partial charge in [0, 0.05) is 12.6 Å². The Morgan fingerprint density at radius 2 is 1.83 bits per heavy atom. The third-order valence-electron chi connectivity index (χ3n) is 5.73. The van der Waals surface area contributed by atoms with E-state index in [1.54, 1.807) is 12.1 Å². The highest BCUT2D eigenvalue weighted by Gasteiger charge is 2.41. The van der Waals surface area contributed by atoms with Gasteiger partial charge in [-0.25, -0.2) is 8.42 Å². The van der Waals surface area contributed by atoms with Crippen molar-refractivity contribution in [1.29, 1.82) is 0 Å². The van der Waals surface area contributed by atoms with Gasteiger partial charge in [-0.1, -0.05) is 37.5 Å². The monoisotopic (exact) mass is 335 g/mol. The lowest BCUT2D eigenvalue weighted by Crippen LogP contribution is -2.52. The van der Waals surface area contributed by atoms with E-state index in [0.717, 1.165) is 37.9 Å². The summed E-state index contributed by atoms with van der Waals surface area (Å²) in [6, 6.07) is 8.03. The normalized spacial score (nSPS) is 26.9. The number of hydrogen-bond donors (Lipinski definition) is 0. The molecule has 1 aromatic rings. The van der Waals surface area contributed by atoms with Crippen molar-refractivity contribution in [2.75, 3.05) is 13.1 Å². The van der Waals surface area contributed by atoms with Crippen LogP contribution in [0, 0.1) is 12.8 Å². The van der Waals surface area contributed by atoms with Crippen molar-refractivity contribution in [3.8, 4) is 0 Å². The second-order valence-corrected chi connectivity index (χ2v) is 9.48. The van der Waals surface area contributed by atoms with Gasteiger partial charge in [-0.15, -0.1) is 0 Å². The number of rotatable bonds is 5. The molecule has 2 atom stereocenters. The van der Waals surface area contributed by atoms with Crippen LogP contribution in [0.3, 0.4) is 0 Å². The quantitative estimate of drug-likeness (QED) is 0.821. The number of benzene rings is 1. The van der Waals surface area contributed by atoms with Gasteiger partial charge in [-0.2, -0.15) is 0 Å². The average Bonchev–Trinajstić information content (AvgIpc) is 2.47. The molecular weight excluding hydrogens is 306 g/mol. The molecule has 128 valence electrons. The van der Waals surface area contributed by atoms with E-state index in [1.165, 1.54) is 19.3 Å². The predicted molar refractivity (Wildman–Crippen MR) is 94.4 cm³/mol. The van der Waals surface area contributed by atoms with Gasteiger partial charge in [0.05, 0.1) is 10.1 Å². The molecule has 0 spiro atoms. The largest absolute Gasteiger partial charge is 0.299 e. The maximum atomic E-state index is 13.2. The van der Waals surface area contributed by atoms with Gasteiger partial charge in [-0.3, -0.25) is 4.90 Å². The number of sulfone groups is 1. The van der Waals surface area contributed by atoms with Gasteiger partial charge in [-0.05, 0) is 57.2 Å². The average molecular weight is 336 g/mol. The molecule has 0 N–H and O–H groups in total. The summed E-state index contributed by atoms with van der Waals surface area (Å²) in [5, 5.41) is -0.237. The van der Waals surface area contributed by atoms with Gasteiger partial charge >= 0.3 is 0 Å². The Morgan fingerprint density at radius 3 is 2.39 bits per heavy atom. The topological polar surface area (TPSA) is 37.4 Å². The Balaban J connectivity index is 1.85. The summed E-state index contributed by atoms with van der Waals surface area (Å²) in [5.74, 6) is 0.308. The van der Waals surface area contributed by atoms with Crippen LogP contribution in [0.25, 0.3) is 0 Å². The molecule has 4 heteroatoms. The molecule has 0 bridgehead atoms. The lowest BCUT2D eigenvalue weighted by molar-refractivity contribution is 0.0846. The van der Waals surface area contributed by atoms with Crippen molar-refractivity contribution in [2.45, 2.75) is 68.6 Å². The van der Waals surface area contributed by atoms with Crippen molar-refractivity contribution in [3.05, 3.63) is 29.8 Å². The summed E-state index contributed by atoms with van der Waals surface area (Å²) >= 11 is 0. The van der Waals surface area contributed by atoms with Gasteiger partial charge in [0.25, 0.3) is 0 Å². The van der Waals surface area contributed by atoms with Crippen LogP contribution >= 0.6 is 0 Å². The molecule has 1 saturated carbocycles. The molecule has 3 rings (SSSR count). The minimum absolute atomic E-state index is 0.237. The Labute approximate surface area is 141 Å². The summed E-state index contributed by atoms with van der Waals surface area (Å²) < 4.78 is 26.5. The molecule has 1 aliphatic carbocycles. The van der Waals surface area contributed by atoms with E-state index in [9.17, 15) is 8.42 Å². The van der Waals surface area contributed by atoms with Crippen molar-refractivity contribution < 1.29 is 8.42 Å². The molecule has 0 aromatic heterocycles. The maximum Gasteiger partial charge on any atom is 0.182 e. The first-order chi connectivity index (χ1) is 11.0. The lowest BCUT2D eigenvalue weighted by atomic mass is 9.86. The lowest BCUT2D eigenvalue weighted by Gasteiger charge is -2.45. The van der Waals surface area contributed by atoms with Crippen molar-refractivity contribution in [2.24, 2.45) is 5.92 Å². The summed E-state index contributed by atoms with van der Waals surface area (Å²) in [6.07, 6.45) is 6.91. The highest BCUT2D eigenvalue weighted by molar-refractivity contribution is 7.92. The summed E-state index contributed by atoms with van der Waals surface area (Å²) in [4.78, 5) is 2.95. The van der Waals surface area contributed by atoms with E-state index >= 15 is 0 Å². The van der Waals surface area contributed by atoms with Gasteiger partial charge < -0.3 is 0 Å². The fourth-order valence-electron chi connectivity index (χ4n) is 4.03. The van der Waals surface area contributed by atoms with Gasteiger partial charge in [0.15, 0.2) is 9.84 Å². The molecule has 0 amide bonds. The Morgan fingerprint density at radius 1 is 1.13 bits per heavy atom. The van der Waals surface area contributed by atoms with Crippen LogP contribution in [-0.2, 0) is 9.84 Å². The molecule has 1 aliphatic heterocycles. The first-order valence-corrected chi connectivity index (χ1v) is 10.6. The molecule has 3 nitrogen and oxygen atoms in total. The Bertz CT molecular complexity index is 619. The van der Waals surface area contributed by atoms with Gasteiger partial charge in [0.2, 0.25) is 0 Å². The van der Waals surface area contributed by atoms with Crippen LogP contribution in [0.15, 0.2) is 29.2 Å². The van der Waals surface area contributed by atoms with Crippen molar-refractivity contribution in [3.63, 3.8) is 0 Å². The number of piperidine rings is 1. The molecule has 1 saturated heterocycles. The van der Waals surface area contributed by atoms with E-state index in [2.05, 4.69) is 11.8 Å². The molecule has 0 radical (unpaired) electrons. The molecule has 1 heterocycles. The molecule has 2 aliphatic rings. The molecule has 1 aromatic carbocycles. The van der Waals surface area contributed by atoms with E-state index in [4.69, 9.17) is 0 Å². The van der Waals surface area contributed by atoms with Gasteiger partial charge in [0.1, 0.15) is 0 Å². The van der Waals surface area contributed by atoms with Crippen LogP contribution < -0.4 is 0 Å². The smallest absolute Gasteiger partial charge is 0.182 e. The summed E-state index contributed by atoms with van der Waals surface area (Å²) in [7, 11) is -3.24. The first kappa shape index (κ1) is 17.0. The van der Waals surface area contributed by atoms with E-state index < -0.39 is 9.84 Å². The number of likely N-dealkylation sites (tertiary alicyclic amines) is 1. The molecular formula is C19H29NO2S. The third-order valence-corrected chi connectivity index (χ3v) is 7.99. The van der Waals surface area contributed by atoms with E-state index in [0.29, 0.717) is 16.9 Å². The highest BCUT2D eigenvalue weighted by atomic mass is 32.2. The van der Waals surface area contributed by atoms with E-state index in [1.807, 2.05) is 19.1 Å².